The number of anilines is 2. The summed E-state index contributed by atoms with van der Waals surface area (Å²) in [6.07, 6.45) is 4.11. The number of nitrogens with zero attached hydrogens (tertiary/aromatic N) is 3. The predicted octanol–water partition coefficient (Wildman–Crippen LogP) is 2.30. The second-order valence-corrected chi connectivity index (χ2v) is 7.15. The van der Waals surface area contributed by atoms with Crippen molar-refractivity contribution in [1.29, 1.82) is 0 Å². The molecule has 1 aromatic carbocycles. The Balaban J connectivity index is 1.60. The molecule has 1 atom stereocenters. The van der Waals surface area contributed by atoms with Crippen LogP contribution in [0.3, 0.4) is 0 Å². The molecule has 26 heavy (non-hydrogen) atoms. The van der Waals surface area contributed by atoms with Crippen LogP contribution >= 0.6 is 15.9 Å². The standard InChI is InChI=1S/C18H21BrN4O3/c19-16-9-20-18(22-17(16)26)21-14-4-6-23(7-5-14)15-3-1-2-12(8-15)13(10-24)11-25/h1-3,8-10,13-14,25H,4-7,11H2,(H2,20,21,22,26). The molecule has 8 heteroatoms. The van der Waals surface area contributed by atoms with Crippen LogP contribution in [0.5, 0.6) is 5.88 Å². The first-order valence-electron chi connectivity index (χ1n) is 8.50. The molecule has 1 aromatic heterocycles. The second kappa shape index (κ2) is 8.46. The zero-order valence-corrected chi connectivity index (χ0v) is 15.8. The fourth-order valence-corrected chi connectivity index (χ4v) is 3.26. The van der Waals surface area contributed by atoms with E-state index in [1.165, 1.54) is 6.20 Å². The van der Waals surface area contributed by atoms with E-state index in [4.69, 9.17) is 0 Å². The number of nitrogens with one attached hydrogen (secondary N) is 1. The summed E-state index contributed by atoms with van der Waals surface area (Å²) in [5.41, 5.74) is 1.89. The molecule has 0 radical (unpaired) electrons. The number of aldehydes is 1. The lowest BCUT2D eigenvalue weighted by atomic mass is 9.99. The summed E-state index contributed by atoms with van der Waals surface area (Å²) >= 11 is 3.17. The monoisotopic (exact) mass is 420 g/mol. The highest BCUT2D eigenvalue weighted by Crippen LogP contribution is 2.26. The SMILES string of the molecule is O=CC(CO)c1cccc(N2CCC(Nc3ncc(Br)c(O)n3)CC2)c1. The Bertz CT molecular complexity index is 766. The number of halogens is 1. The first-order chi connectivity index (χ1) is 12.6. The Morgan fingerprint density at radius 2 is 2.15 bits per heavy atom. The van der Waals surface area contributed by atoms with Crippen molar-refractivity contribution in [1.82, 2.24) is 9.97 Å². The van der Waals surface area contributed by atoms with Crippen LogP contribution in [0.2, 0.25) is 0 Å². The number of hydrogen-bond acceptors (Lipinski definition) is 7. The van der Waals surface area contributed by atoms with Gasteiger partial charge in [-0.25, -0.2) is 4.98 Å². The molecule has 0 bridgehead atoms. The molecule has 1 saturated heterocycles. The van der Waals surface area contributed by atoms with Gasteiger partial charge in [0.15, 0.2) is 0 Å². The first kappa shape index (κ1) is 18.6. The van der Waals surface area contributed by atoms with Gasteiger partial charge in [0.2, 0.25) is 11.8 Å². The molecular weight excluding hydrogens is 400 g/mol. The van der Waals surface area contributed by atoms with Crippen molar-refractivity contribution < 1.29 is 15.0 Å². The lowest BCUT2D eigenvalue weighted by Crippen LogP contribution is -2.39. The van der Waals surface area contributed by atoms with Gasteiger partial charge in [0.25, 0.3) is 0 Å². The van der Waals surface area contributed by atoms with Crippen LogP contribution in [0.4, 0.5) is 11.6 Å². The number of piperidine rings is 1. The summed E-state index contributed by atoms with van der Waals surface area (Å²) in [7, 11) is 0. The average molecular weight is 421 g/mol. The quantitative estimate of drug-likeness (QED) is 0.616. The van der Waals surface area contributed by atoms with Gasteiger partial charge in [0, 0.05) is 24.8 Å². The van der Waals surface area contributed by atoms with E-state index in [2.05, 4.69) is 36.1 Å². The Kier molecular flexibility index (Phi) is 6.05. The largest absolute Gasteiger partial charge is 0.492 e. The number of aromatic hydroxyl groups is 1. The minimum absolute atomic E-state index is 0.0784. The van der Waals surface area contributed by atoms with Gasteiger partial charge >= 0.3 is 0 Å². The summed E-state index contributed by atoms with van der Waals surface area (Å²) in [6, 6.07) is 8.00. The van der Waals surface area contributed by atoms with Crippen LogP contribution in [0, 0.1) is 0 Å². The van der Waals surface area contributed by atoms with Crippen LogP contribution in [0.1, 0.15) is 24.3 Å². The van der Waals surface area contributed by atoms with Crippen molar-refractivity contribution in [3.63, 3.8) is 0 Å². The maximum atomic E-state index is 11.1. The van der Waals surface area contributed by atoms with Crippen LogP contribution in [-0.2, 0) is 4.79 Å². The third-order valence-corrected chi connectivity index (χ3v) is 5.14. The molecule has 1 aliphatic rings. The molecule has 0 amide bonds. The normalized spacial score (nSPS) is 16.3. The molecule has 2 heterocycles. The Hall–Kier alpha value is -2.19. The Labute approximate surface area is 160 Å². The highest BCUT2D eigenvalue weighted by Gasteiger charge is 2.21. The number of aromatic nitrogens is 2. The van der Waals surface area contributed by atoms with E-state index in [-0.39, 0.29) is 18.5 Å². The zero-order chi connectivity index (χ0) is 18.5. The Morgan fingerprint density at radius 3 is 2.81 bits per heavy atom. The third kappa shape index (κ3) is 4.31. The van der Waals surface area contributed by atoms with E-state index >= 15 is 0 Å². The van der Waals surface area contributed by atoms with Gasteiger partial charge in [-0.2, -0.15) is 4.98 Å². The number of rotatable bonds is 6. The van der Waals surface area contributed by atoms with Crippen molar-refractivity contribution in [3.8, 4) is 5.88 Å². The summed E-state index contributed by atoms with van der Waals surface area (Å²) in [5, 5.41) is 22.2. The number of hydrogen-bond donors (Lipinski definition) is 3. The number of carbonyl (C=O) groups excluding carboxylic acids is 1. The number of aliphatic hydroxyl groups excluding tert-OH is 1. The molecule has 1 aliphatic heterocycles. The van der Waals surface area contributed by atoms with Crippen LogP contribution in [0.25, 0.3) is 0 Å². The van der Waals surface area contributed by atoms with Gasteiger partial charge in [0.05, 0.1) is 23.2 Å². The molecular formula is C18H21BrN4O3. The van der Waals surface area contributed by atoms with E-state index < -0.39 is 5.92 Å². The van der Waals surface area contributed by atoms with Gasteiger partial charge < -0.3 is 25.2 Å². The molecule has 3 N–H and O–H groups in total. The molecule has 2 aromatic rings. The molecule has 7 nitrogen and oxygen atoms in total. The highest BCUT2D eigenvalue weighted by atomic mass is 79.9. The van der Waals surface area contributed by atoms with Gasteiger partial charge in [-0.3, -0.25) is 0 Å². The number of carbonyl (C=O) groups is 1. The summed E-state index contributed by atoms with van der Waals surface area (Å²) < 4.78 is 0.467. The smallest absolute Gasteiger partial charge is 0.230 e. The molecule has 0 spiro atoms. The minimum Gasteiger partial charge on any atom is -0.492 e. The van der Waals surface area contributed by atoms with Crippen molar-refractivity contribution in [2.45, 2.75) is 24.8 Å². The van der Waals surface area contributed by atoms with Crippen LogP contribution < -0.4 is 10.2 Å². The summed E-state index contributed by atoms with van der Waals surface area (Å²) in [5.74, 6) is -0.135. The van der Waals surface area contributed by atoms with Gasteiger partial charge in [-0.15, -0.1) is 0 Å². The molecule has 0 aliphatic carbocycles. The van der Waals surface area contributed by atoms with Crippen molar-refractivity contribution in [2.24, 2.45) is 0 Å². The van der Waals surface area contributed by atoms with Crippen molar-refractivity contribution in [3.05, 3.63) is 40.5 Å². The molecule has 1 fully saturated rings. The summed E-state index contributed by atoms with van der Waals surface area (Å²) in [4.78, 5) is 21.5. The topological polar surface area (TPSA) is 98.6 Å². The fourth-order valence-electron chi connectivity index (χ4n) is 3.07. The molecule has 0 saturated carbocycles. The molecule has 1 unspecified atom stereocenters. The fraction of sp³-hybridized carbons (Fsp3) is 0.389. The van der Waals surface area contributed by atoms with Crippen LogP contribution in [0.15, 0.2) is 34.9 Å². The zero-order valence-electron chi connectivity index (χ0n) is 14.2. The predicted molar refractivity (Wildman–Crippen MR) is 103 cm³/mol. The van der Waals surface area contributed by atoms with Crippen LogP contribution in [-0.4, -0.2) is 52.2 Å². The number of aliphatic hydroxyl groups is 1. The molecule has 138 valence electrons. The lowest BCUT2D eigenvalue weighted by Gasteiger charge is -2.34. The minimum atomic E-state index is -0.476. The van der Waals surface area contributed by atoms with E-state index in [1.807, 2.05) is 24.3 Å². The lowest BCUT2D eigenvalue weighted by molar-refractivity contribution is -0.109. The van der Waals surface area contributed by atoms with Gasteiger partial charge in [0.1, 0.15) is 6.29 Å². The highest BCUT2D eigenvalue weighted by molar-refractivity contribution is 9.10. The van der Waals surface area contributed by atoms with E-state index in [0.29, 0.717) is 10.4 Å². The van der Waals surface area contributed by atoms with Crippen molar-refractivity contribution in [2.75, 3.05) is 29.9 Å². The average Bonchev–Trinajstić information content (AvgIpc) is 2.67. The molecule has 3 rings (SSSR count). The number of benzene rings is 1. The maximum Gasteiger partial charge on any atom is 0.230 e. The van der Waals surface area contributed by atoms with E-state index in [0.717, 1.165) is 43.5 Å². The van der Waals surface area contributed by atoms with E-state index in [9.17, 15) is 15.0 Å². The first-order valence-corrected chi connectivity index (χ1v) is 9.29. The van der Waals surface area contributed by atoms with Crippen molar-refractivity contribution >= 4 is 33.9 Å². The van der Waals surface area contributed by atoms with E-state index in [1.54, 1.807) is 0 Å². The third-order valence-electron chi connectivity index (χ3n) is 4.58. The maximum absolute atomic E-state index is 11.1. The van der Waals surface area contributed by atoms with Gasteiger partial charge in [-0.1, -0.05) is 12.1 Å². The summed E-state index contributed by atoms with van der Waals surface area (Å²) in [6.45, 7) is 1.53. The second-order valence-electron chi connectivity index (χ2n) is 6.29. The Morgan fingerprint density at radius 1 is 1.38 bits per heavy atom. The van der Waals surface area contributed by atoms with Gasteiger partial charge in [-0.05, 0) is 46.5 Å².